The molecular formula is C39H42N3O+. The molecule has 1 aliphatic carbocycles. The number of nitrogens with zero attached hydrogens (tertiary/aromatic N) is 3. The van der Waals surface area contributed by atoms with Crippen LogP contribution in [0.2, 0.25) is 0 Å². The van der Waals surface area contributed by atoms with Gasteiger partial charge >= 0.3 is 0 Å². The van der Waals surface area contributed by atoms with Crippen LogP contribution in [0.1, 0.15) is 93.7 Å². The maximum Gasteiger partial charge on any atom is 0.299 e. The minimum absolute atomic E-state index is 0.326. The molecule has 0 aliphatic heterocycles. The van der Waals surface area contributed by atoms with E-state index in [1.165, 1.54) is 70.2 Å². The lowest BCUT2D eigenvalue weighted by atomic mass is 9.88. The minimum atomic E-state index is 0.326. The fourth-order valence-corrected chi connectivity index (χ4v) is 7.17. The first-order valence-electron chi connectivity index (χ1n) is 16.0. The van der Waals surface area contributed by atoms with E-state index in [1.807, 2.05) is 0 Å². The first-order chi connectivity index (χ1) is 20.8. The van der Waals surface area contributed by atoms with Crippen LogP contribution in [-0.2, 0) is 7.05 Å². The zero-order valence-corrected chi connectivity index (χ0v) is 26.3. The lowest BCUT2D eigenvalue weighted by molar-refractivity contribution is -0.633. The van der Waals surface area contributed by atoms with Crippen molar-refractivity contribution in [3.05, 3.63) is 101 Å². The summed E-state index contributed by atoms with van der Waals surface area (Å²) in [6.45, 7) is 11.5. The highest BCUT2D eigenvalue weighted by Crippen LogP contribution is 2.42. The van der Waals surface area contributed by atoms with E-state index in [0.717, 1.165) is 28.4 Å². The average molecular weight is 569 g/mol. The number of imidazole rings is 1. The quantitative estimate of drug-likeness (QED) is 0.187. The van der Waals surface area contributed by atoms with Gasteiger partial charge in [0.15, 0.2) is 22.5 Å². The fourth-order valence-electron chi connectivity index (χ4n) is 7.17. The van der Waals surface area contributed by atoms with Gasteiger partial charge in [-0.15, -0.1) is 0 Å². The van der Waals surface area contributed by atoms with Crippen molar-refractivity contribution in [3.8, 4) is 28.2 Å². The van der Waals surface area contributed by atoms with Crippen LogP contribution >= 0.6 is 0 Å². The predicted molar refractivity (Wildman–Crippen MR) is 177 cm³/mol. The van der Waals surface area contributed by atoms with Gasteiger partial charge in [-0.2, -0.15) is 4.57 Å². The third-order valence-corrected chi connectivity index (χ3v) is 9.47. The Labute approximate surface area is 255 Å². The highest BCUT2D eigenvalue weighted by atomic mass is 16.3. The van der Waals surface area contributed by atoms with Crippen LogP contribution in [0.5, 0.6) is 0 Å². The van der Waals surface area contributed by atoms with Crippen molar-refractivity contribution in [3.63, 3.8) is 0 Å². The summed E-state index contributed by atoms with van der Waals surface area (Å²) >= 11 is 0. The van der Waals surface area contributed by atoms with Crippen molar-refractivity contribution in [2.45, 2.75) is 78.1 Å². The SMILES string of the molecule is Cc1ccc2nc(C3CCCC3)oc2c1-c1n(-c2c(C(C)C)cc(-c3ccccc3)cc2C(C)C)c2ccccc2[n+]1C. The molecule has 6 aromatic rings. The van der Waals surface area contributed by atoms with Crippen molar-refractivity contribution in [2.24, 2.45) is 7.05 Å². The smallest absolute Gasteiger partial charge is 0.299 e. The second-order valence-electron chi connectivity index (χ2n) is 13.0. The molecule has 0 spiro atoms. The van der Waals surface area contributed by atoms with Crippen molar-refractivity contribution in [1.82, 2.24) is 9.55 Å². The van der Waals surface area contributed by atoms with Gasteiger partial charge in [-0.3, -0.25) is 0 Å². The molecule has 0 radical (unpaired) electrons. The average Bonchev–Trinajstić information content (AvgIpc) is 3.76. The number of fused-ring (bicyclic) bond motifs is 2. The van der Waals surface area contributed by atoms with Crippen LogP contribution in [0.4, 0.5) is 0 Å². The molecule has 2 heterocycles. The Bertz CT molecular complexity index is 1920. The van der Waals surface area contributed by atoms with Crippen LogP contribution in [0.15, 0.2) is 83.3 Å². The first-order valence-corrected chi connectivity index (χ1v) is 16.0. The Hall–Kier alpha value is -4.18. The molecule has 0 amide bonds. The Balaban J connectivity index is 1.59. The monoisotopic (exact) mass is 568 g/mol. The van der Waals surface area contributed by atoms with Gasteiger partial charge in [-0.1, -0.05) is 89.1 Å². The van der Waals surface area contributed by atoms with E-state index in [9.17, 15) is 0 Å². The van der Waals surface area contributed by atoms with Gasteiger partial charge in [0.1, 0.15) is 16.8 Å². The molecule has 0 N–H and O–H groups in total. The molecule has 7 rings (SSSR count). The standard InChI is InChI=1S/C39H42N3O/c1-24(2)30-22-29(27-14-8-7-9-15-27)23-31(25(3)4)36(30)42-34-19-13-12-18-33(34)41(6)39(42)35-26(5)20-21-32-37(35)43-38(40-32)28-16-10-11-17-28/h7-9,12-15,18-25,28H,10-11,16-17H2,1-6H3/q+1. The summed E-state index contributed by atoms with van der Waals surface area (Å²) in [6.07, 6.45) is 4.84. The first kappa shape index (κ1) is 27.6. The highest BCUT2D eigenvalue weighted by molar-refractivity contribution is 5.92. The number of para-hydroxylation sites is 2. The topological polar surface area (TPSA) is 34.8 Å². The molecule has 1 fully saturated rings. The van der Waals surface area contributed by atoms with Crippen molar-refractivity contribution in [1.29, 1.82) is 0 Å². The van der Waals surface area contributed by atoms with E-state index >= 15 is 0 Å². The summed E-state index contributed by atoms with van der Waals surface area (Å²) in [4.78, 5) is 5.06. The Kier molecular flexibility index (Phi) is 6.96. The number of hydrogen-bond donors (Lipinski definition) is 0. The molecule has 0 unspecified atom stereocenters. The Morgan fingerprint density at radius 2 is 1.47 bits per heavy atom. The molecule has 2 aromatic heterocycles. The maximum absolute atomic E-state index is 6.75. The van der Waals surface area contributed by atoms with Gasteiger partial charge in [-0.25, -0.2) is 9.55 Å². The highest BCUT2D eigenvalue weighted by Gasteiger charge is 2.34. The zero-order chi connectivity index (χ0) is 29.8. The third-order valence-electron chi connectivity index (χ3n) is 9.47. The number of rotatable bonds is 6. The van der Waals surface area contributed by atoms with Gasteiger partial charge in [0.25, 0.3) is 5.82 Å². The molecule has 4 nitrogen and oxygen atoms in total. The zero-order valence-electron chi connectivity index (χ0n) is 26.3. The summed E-state index contributed by atoms with van der Waals surface area (Å²) in [5, 5.41) is 0. The van der Waals surface area contributed by atoms with E-state index in [1.54, 1.807) is 0 Å². The maximum atomic E-state index is 6.75. The van der Waals surface area contributed by atoms with E-state index < -0.39 is 0 Å². The Morgan fingerprint density at radius 3 is 2.14 bits per heavy atom. The van der Waals surface area contributed by atoms with Gasteiger partial charge in [0, 0.05) is 17.0 Å². The molecule has 0 bridgehead atoms. The normalized spacial score (nSPS) is 14.2. The lowest BCUT2D eigenvalue weighted by Gasteiger charge is -2.21. The minimum Gasteiger partial charge on any atom is -0.439 e. The van der Waals surface area contributed by atoms with Gasteiger partial charge < -0.3 is 4.42 Å². The van der Waals surface area contributed by atoms with Crippen molar-refractivity contribution >= 4 is 22.1 Å². The van der Waals surface area contributed by atoms with Crippen LogP contribution in [0.25, 0.3) is 50.3 Å². The summed E-state index contributed by atoms with van der Waals surface area (Å²) in [6, 6.07) is 28.8. The number of oxazole rings is 1. The van der Waals surface area contributed by atoms with Gasteiger partial charge in [0.2, 0.25) is 0 Å². The molecule has 4 aromatic carbocycles. The molecule has 43 heavy (non-hydrogen) atoms. The molecule has 1 saturated carbocycles. The largest absolute Gasteiger partial charge is 0.439 e. The molecule has 0 atom stereocenters. The summed E-state index contributed by atoms with van der Waals surface area (Å²) in [5.74, 6) is 3.11. The van der Waals surface area contributed by atoms with Crippen molar-refractivity contribution in [2.75, 3.05) is 0 Å². The number of aryl methyl sites for hydroxylation is 2. The Morgan fingerprint density at radius 1 is 0.814 bits per heavy atom. The number of aromatic nitrogens is 3. The van der Waals surface area contributed by atoms with Crippen LogP contribution in [0.3, 0.4) is 0 Å². The van der Waals surface area contributed by atoms with Crippen LogP contribution in [0, 0.1) is 6.92 Å². The predicted octanol–water partition coefficient (Wildman–Crippen LogP) is 10.1. The molecule has 1 aliphatic rings. The number of benzene rings is 4. The van der Waals surface area contributed by atoms with Crippen LogP contribution < -0.4 is 4.57 Å². The molecule has 4 heteroatoms. The fraction of sp³-hybridized carbons (Fsp3) is 0.333. The van der Waals surface area contributed by atoms with E-state index in [-0.39, 0.29) is 0 Å². The molecular weight excluding hydrogens is 526 g/mol. The van der Waals surface area contributed by atoms with E-state index in [4.69, 9.17) is 9.40 Å². The summed E-state index contributed by atoms with van der Waals surface area (Å²) in [5.41, 5.74) is 13.1. The van der Waals surface area contributed by atoms with Gasteiger partial charge in [0.05, 0.1) is 7.05 Å². The van der Waals surface area contributed by atoms with E-state index in [0.29, 0.717) is 17.8 Å². The number of hydrogen-bond acceptors (Lipinski definition) is 2. The summed E-state index contributed by atoms with van der Waals surface area (Å²) in [7, 11) is 2.20. The van der Waals surface area contributed by atoms with E-state index in [2.05, 4.69) is 130 Å². The lowest BCUT2D eigenvalue weighted by Crippen LogP contribution is -2.30. The molecule has 0 saturated heterocycles. The van der Waals surface area contributed by atoms with Gasteiger partial charge in [-0.05, 0) is 78.6 Å². The third kappa shape index (κ3) is 4.59. The molecule has 218 valence electrons. The van der Waals surface area contributed by atoms with Crippen LogP contribution in [-0.4, -0.2) is 9.55 Å². The second kappa shape index (κ2) is 10.8. The summed E-state index contributed by atoms with van der Waals surface area (Å²) < 4.78 is 11.6. The second-order valence-corrected chi connectivity index (χ2v) is 13.0. The van der Waals surface area contributed by atoms with Crippen molar-refractivity contribution < 1.29 is 8.98 Å².